The highest BCUT2D eigenvalue weighted by molar-refractivity contribution is 5.93. The topological polar surface area (TPSA) is 143 Å². The van der Waals surface area contributed by atoms with Gasteiger partial charge < -0.3 is 21.1 Å². The average molecular weight is 637 g/mol. The van der Waals surface area contributed by atoms with Crippen molar-refractivity contribution in [2.24, 2.45) is 28.9 Å². The van der Waals surface area contributed by atoms with Crippen molar-refractivity contribution >= 4 is 17.7 Å². The Morgan fingerprint density at radius 3 is 2.17 bits per heavy atom. The Hall–Kier alpha value is -4.05. The number of hydrogen-bond donors (Lipinski definition) is 3. The van der Waals surface area contributed by atoms with Gasteiger partial charge in [0, 0.05) is 36.9 Å². The van der Waals surface area contributed by atoms with E-state index in [-0.39, 0.29) is 30.7 Å². The van der Waals surface area contributed by atoms with E-state index < -0.39 is 36.0 Å². The number of amides is 3. The minimum atomic E-state index is -0.963. The van der Waals surface area contributed by atoms with Crippen molar-refractivity contribution in [1.29, 1.82) is 0 Å². The number of carbonyl (C=O) groups is 3. The lowest BCUT2D eigenvalue weighted by Crippen LogP contribution is -2.57. The summed E-state index contributed by atoms with van der Waals surface area (Å²) in [5, 5.41) is 22.7. The van der Waals surface area contributed by atoms with Gasteiger partial charge in [-0.25, -0.2) is 4.68 Å². The predicted octanol–water partition coefficient (Wildman–Crippen LogP) is 3.75. The minimum Gasteiger partial charge on any atom is -0.391 e. The molecule has 1 aliphatic heterocycles. The summed E-state index contributed by atoms with van der Waals surface area (Å²) in [4.78, 5) is 42.9. The van der Waals surface area contributed by atoms with Crippen LogP contribution in [0.5, 0.6) is 0 Å². The van der Waals surface area contributed by atoms with Crippen LogP contribution in [0.1, 0.15) is 81.0 Å². The molecule has 5 saturated carbocycles. The molecule has 4 atom stereocenters. The predicted molar refractivity (Wildman–Crippen MR) is 174 cm³/mol. The second-order valence-electron chi connectivity index (χ2n) is 15.2. The third-order valence-electron chi connectivity index (χ3n) is 11.7. The van der Waals surface area contributed by atoms with Crippen LogP contribution in [0.25, 0.3) is 11.1 Å². The molecule has 246 valence electrons. The fourth-order valence-electron chi connectivity index (χ4n) is 9.80. The van der Waals surface area contributed by atoms with Crippen LogP contribution in [0.4, 0.5) is 0 Å². The Morgan fingerprint density at radius 1 is 0.915 bits per heavy atom. The van der Waals surface area contributed by atoms with Crippen molar-refractivity contribution in [3.05, 3.63) is 72.1 Å². The molecule has 1 aromatic heterocycles. The first-order chi connectivity index (χ1) is 22.7. The fraction of sp³-hybridized carbons (Fsp3) is 0.541. The van der Waals surface area contributed by atoms with Gasteiger partial charge in [0.15, 0.2) is 0 Å². The Bertz CT molecular complexity index is 1620. The van der Waals surface area contributed by atoms with Crippen molar-refractivity contribution in [2.75, 3.05) is 6.54 Å². The van der Waals surface area contributed by atoms with Gasteiger partial charge in [0.1, 0.15) is 18.1 Å². The van der Waals surface area contributed by atoms with Crippen molar-refractivity contribution in [1.82, 2.24) is 25.2 Å². The van der Waals surface area contributed by atoms with Crippen molar-refractivity contribution in [3.8, 4) is 11.1 Å². The Morgan fingerprint density at radius 2 is 1.55 bits per heavy atom. The first-order valence-corrected chi connectivity index (χ1v) is 17.4. The number of aliphatic hydroxyl groups is 1. The molecule has 3 aromatic rings. The molecular formula is C37H44N6O4. The highest BCUT2D eigenvalue weighted by atomic mass is 16.3. The molecule has 6 aliphatic rings. The normalized spacial score (nSPS) is 30.7. The summed E-state index contributed by atoms with van der Waals surface area (Å²) >= 11 is 0. The maximum Gasteiger partial charge on any atom is 0.248 e. The molecule has 4 bridgehead atoms. The van der Waals surface area contributed by atoms with E-state index in [1.807, 2.05) is 60.8 Å². The fourth-order valence-corrected chi connectivity index (χ4v) is 9.80. The van der Waals surface area contributed by atoms with E-state index in [9.17, 15) is 19.5 Å². The number of hydrogen-bond acceptors (Lipinski definition) is 6. The molecule has 5 aliphatic carbocycles. The summed E-state index contributed by atoms with van der Waals surface area (Å²) in [5.41, 5.74) is 9.48. The van der Waals surface area contributed by atoms with Crippen molar-refractivity contribution < 1.29 is 19.5 Å². The number of carbonyl (C=O) groups excluding carboxylic acids is 3. The van der Waals surface area contributed by atoms with Crippen molar-refractivity contribution in [3.63, 3.8) is 0 Å². The zero-order chi connectivity index (χ0) is 32.3. The van der Waals surface area contributed by atoms with E-state index in [0.717, 1.165) is 54.5 Å². The summed E-state index contributed by atoms with van der Waals surface area (Å²) in [6.07, 6.45) is 10.3. The molecule has 2 unspecified atom stereocenters. The molecule has 3 amide bonds. The number of nitrogens with two attached hydrogens (primary N) is 1. The molecule has 10 nitrogen and oxygen atoms in total. The molecule has 1 saturated heterocycles. The first-order valence-electron chi connectivity index (χ1n) is 17.4. The molecule has 0 radical (unpaired) electrons. The number of likely N-dealkylation sites (tertiary alicyclic amines) is 1. The van der Waals surface area contributed by atoms with Crippen LogP contribution in [0.15, 0.2) is 60.8 Å². The number of β-amino-alcohol motifs (C(OH)–C–C–N with tert-alkyl or cyclic N) is 1. The lowest BCUT2D eigenvalue weighted by Gasteiger charge is -2.59. The van der Waals surface area contributed by atoms with Gasteiger partial charge in [-0.15, -0.1) is 5.10 Å². The number of rotatable bonds is 10. The molecule has 4 N–H and O–H groups in total. The second kappa shape index (κ2) is 11.9. The second-order valence-corrected chi connectivity index (χ2v) is 15.2. The maximum atomic E-state index is 14.8. The van der Waals surface area contributed by atoms with E-state index in [4.69, 9.17) is 5.73 Å². The van der Waals surface area contributed by atoms with Crippen LogP contribution in [0.2, 0.25) is 0 Å². The number of aromatic nitrogens is 3. The molecule has 0 spiro atoms. The number of aliphatic hydroxyl groups excluding tert-OH is 1. The quantitative estimate of drug-likeness (QED) is 0.309. The molecule has 6 fully saturated rings. The van der Waals surface area contributed by atoms with Gasteiger partial charge >= 0.3 is 0 Å². The molecule has 47 heavy (non-hydrogen) atoms. The Labute approximate surface area is 275 Å². The maximum absolute atomic E-state index is 14.8. The van der Waals surface area contributed by atoms with Gasteiger partial charge in [-0.3, -0.25) is 14.4 Å². The van der Waals surface area contributed by atoms with Crippen LogP contribution in [0, 0.1) is 23.2 Å². The Kier molecular flexibility index (Phi) is 7.66. The SMILES string of the molecule is NC(=O)C(Cc1ccc(-c2ccccc2)cc1)NC(=O)[C@@H]1C[C@@H](O)CN1C(=O)C(n1cc(C2CC2)nn1)C12CC3CC(CC(C3)C1)C2. The van der Waals surface area contributed by atoms with E-state index >= 15 is 0 Å². The van der Waals surface area contributed by atoms with Gasteiger partial charge in [-0.1, -0.05) is 59.8 Å². The van der Waals surface area contributed by atoms with Crippen LogP contribution < -0.4 is 11.1 Å². The van der Waals surface area contributed by atoms with Gasteiger partial charge in [-0.2, -0.15) is 0 Å². The van der Waals surface area contributed by atoms with Gasteiger partial charge in [0.25, 0.3) is 0 Å². The average Bonchev–Trinajstić information content (AvgIpc) is 3.66. The number of primary amides is 1. The van der Waals surface area contributed by atoms with E-state index in [2.05, 4.69) is 15.6 Å². The minimum absolute atomic E-state index is 0.0617. The smallest absolute Gasteiger partial charge is 0.248 e. The highest BCUT2D eigenvalue weighted by Gasteiger charge is 2.58. The summed E-state index contributed by atoms with van der Waals surface area (Å²) < 4.78 is 1.80. The van der Waals surface area contributed by atoms with E-state index in [1.165, 1.54) is 19.3 Å². The molecular weight excluding hydrogens is 592 g/mol. The van der Waals surface area contributed by atoms with Crippen LogP contribution in [-0.2, 0) is 20.8 Å². The third-order valence-corrected chi connectivity index (χ3v) is 11.7. The number of benzene rings is 2. The monoisotopic (exact) mass is 636 g/mol. The van der Waals surface area contributed by atoms with Gasteiger partial charge in [-0.05, 0) is 85.8 Å². The lowest BCUT2D eigenvalue weighted by molar-refractivity contribution is -0.154. The van der Waals surface area contributed by atoms with Crippen molar-refractivity contribution in [2.45, 2.75) is 94.4 Å². The zero-order valence-electron chi connectivity index (χ0n) is 26.7. The standard InChI is InChI=1S/C37H44N6O4/c38-34(45)30(15-22-6-8-27(9-7-22)26-4-2-1-3-5-26)39-35(46)32-16-29(44)20-42(32)36(47)33(43-21-31(40-41-43)28-10-11-28)37-17-23-12-24(18-37)14-25(13-23)19-37/h1-9,21,23-25,28-30,32-33,44H,10-20H2,(H2,38,45)(H,39,46)/t23?,24?,25?,29-,30?,32+,33?,37?/m1/s1. The largest absolute Gasteiger partial charge is 0.391 e. The van der Waals surface area contributed by atoms with E-state index in [1.54, 1.807) is 9.58 Å². The van der Waals surface area contributed by atoms with Crippen LogP contribution in [-0.4, -0.2) is 67.5 Å². The molecule has 2 aromatic carbocycles. The van der Waals surface area contributed by atoms with E-state index in [0.29, 0.717) is 23.7 Å². The van der Waals surface area contributed by atoms with Crippen LogP contribution in [0.3, 0.4) is 0 Å². The summed E-state index contributed by atoms with van der Waals surface area (Å²) in [7, 11) is 0. The number of nitrogens with one attached hydrogen (secondary N) is 1. The van der Waals surface area contributed by atoms with Gasteiger partial charge in [0.2, 0.25) is 17.7 Å². The Balaban J connectivity index is 1.03. The highest BCUT2D eigenvalue weighted by Crippen LogP contribution is 2.64. The zero-order valence-corrected chi connectivity index (χ0v) is 26.7. The molecule has 2 heterocycles. The number of nitrogens with zero attached hydrogens (tertiary/aromatic N) is 4. The summed E-state index contributed by atoms with van der Waals surface area (Å²) in [5.74, 6) is 0.953. The van der Waals surface area contributed by atoms with Crippen LogP contribution >= 0.6 is 0 Å². The first kappa shape index (κ1) is 30.3. The molecule has 10 heteroatoms. The summed E-state index contributed by atoms with van der Waals surface area (Å²) in [6, 6.07) is 15.4. The molecule has 9 rings (SSSR count). The van der Waals surface area contributed by atoms with Gasteiger partial charge in [0.05, 0.1) is 11.8 Å². The lowest BCUT2D eigenvalue weighted by atomic mass is 9.47. The third kappa shape index (κ3) is 5.85. The summed E-state index contributed by atoms with van der Waals surface area (Å²) in [6.45, 7) is 0.0617.